The van der Waals surface area contributed by atoms with Crippen LogP contribution in [-0.2, 0) is 23.7 Å². The first-order valence-corrected chi connectivity index (χ1v) is 8.61. The summed E-state index contributed by atoms with van der Waals surface area (Å²) in [4.78, 5) is 11.6. The van der Waals surface area contributed by atoms with Crippen LogP contribution in [-0.4, -0.2) is 130 Å². The highest BCUT2D eigenvalue weighted by molar-refractivity contribution is 5.77. The van der Waals surface area contributed by atoms with Gasteiger partial charge in [-0.05, 0) is 0 Å². The molecular formula is C15H27NO12. The van der Waals surface area contributed by atoms with Gasteiger partial charge in [0.05, 0.1) is 13.2 Å². The van der Waals surface area contributed by atoms with Gasteiger partial charge in [0.1, 0.15) is 55.4 Å². The third kappa shape index (κ3) is 4.95. The van der Waals surface area contributed by atoms with Gasteiger partial charge in [-0.3, -0.25) is 4.79 Å². The smallest absolute Gasteiger partial charge is 0.248 e. The summed E-state index contributed by atoms with van der Waals surface area (Å²) in [5.41, 5.74) is 0. The number of carbonyl (C=O) groups is 1. The van der Waals surface area contributed by atoms with E-state index in [9.17, 15) is 40.5 Å². The van der Waals surface area contributed by atoms with Crippen LogP contribution in [0.4, 0.5) is 0 Å². The van der Waals surface area contributed by atoms with E-state index in [1.54, 1.807) is 0 Å². The minimum atomic E-state index is -1.75. The van der Waals surface area contributed by atoms with Gasteiger partial charge in [-0.25, -0.2) is 0 Å². The fourth-order valence-corrected chi connectivity index (χ4v) is 3.04. The topological polar surface area (TPSA) is 208 Å². The quantitative estimate of drug-likeness (QED) is 0.196. The second-order valence-electron chi connectivity index (χ2n) is 6.56. The number of rotatable bonds is 7. The molecule has 2 aliphatic rings. The van der Waals surface area contributed by atoms with E-state index in [0.29, 0.717) is 0 Å². The molecule has 2 heterocycles. The summed E-state index contributed by atoms with van der Waals surface area (Å²) >= 11 is 0. The van der Waals surface area contributed by atoms with Gasteiger partial charge < -0.3 is 60.0 Å². The number of aliphatic hydroxyl groups excluding tert-OH is 7. The Morgan fingerprint density at radius 3 is 2.11 bits per heavy atom. The van der Waals surface area contributed by atoms with Crippen LogP contribution in [0, 0.1) is 0 Å². The van der Waals surface area contributed by atoms with E-state index in [2.05, 4.69) is 10.1 Å². The molecule has 13 nitrogen and oxygen atoms in total. The number of carbonyl (C=O) groups excluding carboxylic acids is 1. The summed E-state index contributed by atoms with van der Waals surface area (Å²) in [6.07, 6.45) is -15.3. The van der Waals surface area contributed by atoms with E-state index in [1.807, 2.05) is 0 Å². The number of aliphatic hydroxyl groups is 7. The molecule has 28 heavy (non-hydrogen) atoms. The molecule has 2 saturated heterocycles. The number of nitrogens with one attached hydrogen (secondary N) is 1. The lowest BCUT2D eigenvalue weighted by atomic mass is 9.96. The predicted molar refractivity (Wildman–Crippen MR) is 86.4 cm³/mol. The molecule has 10 atom stereocenters. The lowest BCUT2D eigenvalue weighted by molar-refractivity contribution is -0.343. The molecule has 8 N–H and O–H groups in total. The van der Waals surface area contributed by atoms with E-state index in [4.69, 9.17) is 14.2 Å². The van der Waals surface area contributed by atoms with Crippen LogP contribution in [0.1, 0.15) is 0 Å². The van der Waals surface area contributed by atoms with Gasteiger partial charge in [0.2, 0.25) is 5.91 Å². The zero-order valence-electron chi connectivity index (χ0n) is 15.1. The molecule has 2 aliphatic heterocycles. The van der Waals surface area contributed by atoms with Gasteiger partial charge in [0.15, 0.2) is 12.5 Å². The molecule has 2 rings (SSSR count). The minimum Gasteiger partial charge on any atom is -0.394 e. The largest absolute Gasteiger partial charge is 0.394 e. The lowest BCUT2D eigenvalue weighted by Gasteiger charge is -2.46. The first-order chi connectivity index (χ1) is 13.2. The third-order valence-corrected chi connectivity index (χ3v) is 4.58. The number of hydrogen-bond donors (Lipinski definition) is 8. The molecule has 0 aromatic rings. The molecule has 0 bridgehead atoms. The first kappa shape index (κ1) is 23.3. The molecule has 0 saturated carbocycles. The Morgan fingerprint density at radius 1 is 0.893 bits per heavy atom. The Labute approximate surface area is 160 Å². The van der Waals surface area contributed by atoms with Crippen LogP contribution >= 0.6 is 0 Å². The van der Waals surface area contributed by atoms with Crippen LogP contribution in [0.25, 0.3) is 0 Å². The second-order valence-corrected chi connectivity index (χ2v) is 6.56. The summed E-state index contributed by atoms with van der Waals surface area (Å²) in [6.45, 7) is -1.70. The van der Waals surface area contributed by atoms with Crippen molar-refractivity contribution in [3.8, 4) is 0 Å². The number of hydrogen-bond acceptors (Lipinski definition) is 12. The maximum absolute atomic E-state index is 11.6. The standard InChI is InChI=1S/C15H27NO12/c1-25-4-7(19)16-14-11(23)10(22)13(6(3-18)26-14)28-15-12(24)9(21)8(20)5(2-17)27-15/h5-6,8-15,17-18,20-24H,2-4H2,1H3,(H,16,19)/t5?,6?,8-,9-,10+,11?,12?,13-,14+,15-/m0/s1. The lowest BCUT2D eigenvalue weighted by Crippen LogP contribution is -2.66. The van der Waals surface area contributed by atoms with Gasteiger partial charge >= 0.3 is 0 Å². The van der Waals surface area contributed by atoms with Crippen LogP contribution in [0.2, 0.25) is 0 Å². The maximum atomic E-state index is 11.6. The summed E-state index contributed by atoms with van der Waals surface area (Å²) < 4.78 is 20.6. The summed E-state index contributed by atoms with van der Waals surface area (Å²) in [5.74, 6) is -0.635. The van der Waals surface area contributed by atoms with Crippen molar-refractivity contribution in [2.45, 2.75) is 61.3 Å². The van der Waals surface area contributed by atoms with Crippen molar-refractivity contribution in [2.24, 2.45) is 0 Å². The zero-order valence-corrected chi connectivity index (χ0v) is 15.1. The van der Waals surface area contributed by atoms with Gasteiger partial charge in [-0.1, -0.05) is 0 Å². The first-order valence-electron chi connectivity index (χ1n) is 8.61. The number of amides is 1. The van der Waals surface area contributed by atoms with Gasteiger partial charge in [0.25, 0.3) is 0 Å². The Morgan fingerprint density at radius 2 is 1.54 bits per heavy atom. The fourth-order valence-electron chi connectivity index (χ4n) is 3.04. The molecule has 13 heteroatoms. The Balaban J connectivity index is 2.09. The van der Waals surface area contributed by atoms with Crippen LogP contribution < -0.4 is 5.32 Å². The molecule has 0 spiro atoms. The highest BCUT2D eigenvalue weighted by Gasteiger charge is 2.50. The SMILES string of the molecule is COCC(=O)N[C@@H]1OC(CO)[C@H](O[C@@H]2OC(CO)[C@H](O)[C@H](O)C2O)[C@H](O)C1O. The maximum Gasteiger partial charge on any atom is 0.248 e. The van der Waals surface area contributed by atoms with Crippen molar-refractivity contribution >= 4 is 5.91 Å². The van der Waals surface area contributed by atoms with Crippen molar-refractivity contribution in [1.82, 2.24) is 5.32 Å². The molecule has 4 unspecified atom stereocenters. The monoisotopic (exact) mass is 413 g/mol. The summed E-state index contributed by atoms with van der Waals surface area (Å²) in [6, 6.07) is 0. The Bertz CT molecular complexity index is 505. The zero-order chi connectivity index (χ0) is 21.0. The second kappa shape index (κ2) is 10.2. The molecule has 0 aromatic heterocycles. The van der Waals surface area contributed by atoms with Crippen LogP contribution in [0.15, 0.2) is 0 Å². The molecule has 0 radical (unpaired) electrons. The van der Waals surface area contributed by atoms with Gasteiger partial charge in [-0.15, -0.1) is 0 Å². The van der Waals surface area contributed by atoms with Crippen molar-refractivity contribution in [1.29, 1.82) is 0 Å². The van der Waals surface area contributed by atoms with E-state index in [0.717, 1.165) is 0 Å². The summed E-state index contributed by atoms with van der Waals surface area (Å²) in [5, 5.41) is 71.2. The predicted octanol–water partition coefficient (Wildman–Crippen LogP) is -5.63. The Kier molecular flexibility index (Phi) is 8.47. The van der Waals surface area contributed by atoms with E-state index >= 15 is 0 Å². The van der Waals surface area contributed by atoms with Crippen molar-refractivity contribution < 1.29 is 59.5 Å². The average molecular weight is 413 g/mol. The summed E-state index contributed by atoms with van der Waals surface area (Å²) in [7, 11) is 1.29. The van der Waals surface area contributed by atoms with Crippen molar-refractivity contribution in [3.63, 3.8) is 0 Å². The van der Waals surface area contributed by atoms with E-state index in [1.165, 1.54) is 7.11 Å². The highest BCUT2D eigenvalue weighted by Crippen LogP contribution is 2.28. The number of ether oxygens (including phenoxy) is 4. The Hall–Kier alpha value is -0.970. The van der Waals surface area contributed by atoms with Crippen molar-refractivity contribution in [3.05, 3.63) is 0 Å². The van der Waals surface area contributed by atoms with Crippen LogP contribution in [0.5, 0.6) is 0 Å². The van der Waals surface area contributed by atoms with Crippen LogP contribution in [0.3, 0.4) is 0 Å². The van der Waals surface area contributed by atoms with Crippen molar-refractivity contribution in [2.75, 3.05) is 26.9 Å². The third-order valence-electron chi connectivity index (χ3n) is 4.58. The van der Waals surface area contributed by atoms with E-state index in [-0.39, 0.29) is 6.61 Å². The molecule has 2 fully saturated rings. The average Bonchev–Trinajstić information content (AvgIpc) is 2.67. The number of methoxy groups -OCH3 is 1. The molecule has 1 amide bonds. The van der Waals surface area contributed by atoms with Gasteiger partial charge in [0, 0.05) is 7.11 Å². The molecular weight excluding hydrogens is 386 g/mol. The fraction of sp³-hybridized carbons (Fsp3) is 0.933. The molecule has 164 valence electrons. The van der Waals surface area contributed by atoms with E-state index < -0.39 is 80.5 Å². The highest BCUT2D eigenvalue weighted by atomic mass is 16.7. The molecule has 0 aliphatic carbocycles. The molecule has 0 aromatic carbocycles. The van der Waals surface area contributed by atoms with Gasteiger partial charge in [-0.2, -0.15) is 0 Å². The normalized spacial score (nSPS) is 44.3. The minimum absolute atomic E-state index is 0.322.